The highest BCUT2D eigenvalue weighted by molar-refractivity contribution is 7.15. The fraction of sp³-hybridized carbons (Fsp3) is 0.615. The molecule has 3 aliphatic carbocycles. The molecule has 2 heterocycles. The number of Topliss-reactive ketones (excluding diaryl/α,β-unsaturated/α-hetero) is 1. The molecule has 3 fully saturated rings. The van der Waals surface area contributed by atoms with Crippen LogP contribution in [0.25, 0.3) is 0 Å². The Labute approximate surface area is 317 Å². The number of amides is 1. The van der Waals surface area contributed by atoms with Gasteiger partial charge in [-0.1, -0.05) is 13.0 Å². The number of ether oxygens (including phenoxy) is 6. The number of hydrogen-bond acceptors (Lipinski definition) is 14. The number of ketones is 1. The monoisotopic (exact) mass is 768 g/mol. The first-order chi connectivity index (χ1) is 25.7. The number of carbonyl (C=O) groups is 6. The number of thiazole rings is 1. The molecule has 1 N–H and O–H groups in total. The van der Waals surface area contributed by atoms with Gasteiger partial charge in [0, 0.05) is 50.1 Å². The van der Waals surface area contributed by atoms with Crippen molar-refractivity contribution in [1.29, 1.82) is 0 Å². The van der Waals surface area contributed by atoms with Crippen molar-refractivity contribution in [1.82, 2.24) is 4.98 Å². The van der Waals surface area contributed by atoms with Gasteiger partial charge in [-0.05, 0) is 92.4 Å². The molecule has 6 rings (SSSR count). The largest absolute Gasteiger partial charge is 0.467 e. The molecule has 2 saturated carbocycles. The maximum Gasteiger partial charge on any atom is 0.339 e. The van der Waals surface area contributed by atoms with Crippen molar-refractivity contribution in [3.8, 4) is 5.75 Å². The van der Waals surface area contributed by atoms with E-state index >= 15 is 0 Å². The summed E-state index contributed by atoms with van der Waals surface area (Å²) in [5, 5.41) is 3.49. The lowest BCUT2D eigenvalue weighted by Crippen LogP contribution is -2.64. The topological polar surface area (TPSA) is 183 Å². The second-order valence-corrected chi connectivity index (χ2v) is 16.3. The lowest BCUT2D eigenvalue weighted by Gasteiger charge is -2.50. The quantitative estimate of drug-likeness (QED) is 0.239. The van der Waals surface area contributed by atoms with Crippen molar-refractivity contribution in [2.45, 2.75) is 123 Å². The summed E-state index contributed by atoms with van der Waals surface area (Å²) >= 11 is 1.45. The molecule has 1 aromatic heterocycles. The lowest BCUT2D eigenvalue weighted by molar-refractivity contribution is -0.282. The zero-order valence-corrected chi connectivity index (χ0v) is 32.2. The summed E-state index contributed by atoms with van der Waals surface area (Å²) < 4.78 is 33.5. The first-order valence-electron chi connectivity index (χ1n) is 18.5. The number of rotatable bonds is 11. The first kappa shape index (κ1) is 39.3. The highest BCUT2D eigenvalue weighted by atomic mass is 32.1. The van der Waals surface area contributed by atoms with E-state index in [0.29, 0.717) is 41.8 Å². The third-order valence-electron chi connectivity index (χ3n) is 11.5. The molecule has 292 valence electrons. The molecule has 14 nitrogen and oxygen atoms in total. The smallest absolute Gasteiger partial charge is 0.339 e. The van der Waals surface area contributed by atoms with Gasteiger partial charge in [0.2, 0.25) is 18.3 Å². The van der Waals surface area contributed by atoms with Gasteiger partial charge in [0.05, 0.1) is 7.11 Å². The SMILES string of the molecule is COC(=O)[C@H]1O[C@@H](Oc2ccc3c(c2)CCC2C3CC[C@]3(C)C(=O)C[C@@H](CCCC(=O)Nc4ncc(C)s4)C23)[C@H](OC(C)=O)[C@@H](OC(C)=O)[C@@H]1OC(C)=O. The third kappa shape index (κ3) is 8.16. The molecule has 54 heavy (non-hydrogen) atoms. The normalized spacial score (nSPS) is 31.2. The van der Waals surface area contributed by atoms with E-state index in [0.717, 1.165) is 70.4 Å². The number of carbonyl (C=O) groups excluding carboxylic acids is 6. The van der Waals surface area contributed by atoms with E-state index in [9.17, 15) is 28.8 Å². The van der Waals surface area contributed by atoms with Crippen LogP contribution in [0.15, 0.2) is 24.4 Å². The van der Waals surface area contributed by atoms with Crippen LogP contribution in [-0.2, 0) is 58.9 Å². The van der Waals surface area contributed by atoms with Crippen molar-refractivity contribution in [2.24, 2.45) is 23.2 Å². The highest BCUT2D eigenvalue weighted by Gasteiger charge is 2.59. The van der Waals surface area contributed by atoms with Crippen LogP contribution in [0.1, 0.15) is 94.6 Å². The second-order valence-electron chi connectivity index (χ2n) is 15.0. The van der Waals surface area contributed by atoms with Crippen LogP contribution >= 0.6 is 11.3 Å². The number of nitrogens with zero attached hydrogens (tertiary/aromatic N) is 1. The van der Waals surface area contributed by atoms with Gasteiger partial charge >= 0.3 is 23.9 Å². The van der Waals surface area contributed by atoms with Crippen LogP contribution in [0, 0.1) is 30.1 Å². The molecule has 1 amide bonds. The minimum absolute atomic E-state index is 0.0627. The van der Waals surface area contributed by atoms with E-state index in [1.165, 1.54) is 16.9 Å². The minimum atomic E-state index is -1.56. The second kappa shape index (κ2) is 16.2. The predicted molar refractivity (Wildman–Crippen MR) is 192 cm³/mol. The average molecular weight is 769 g/mol. The summed E-state index contributed by atoms with van der Waals surface area (Å²) in [6.07, 6.45) is 0.102. The molecule has 1 aliphatic heterocycles. The van der Waals surface area contributed by atoms with Crippen LogP contribution in [-0.4, -0.2) is 78.4 Å². The van der Waals surface area contributed by atoms with Crippen molar-refractivity contribution >= 4 is 52.0 Å². The number of esters is 4. The zero-order chi connectivity index (χ0) is 38.9. The van der Waals surface area contributed by atoms with E-state index in [4.69, 9.17) is 28.4 Å². The van der Waals surface area contributed by atoms with Gasteiger partial charge in [-0.15, -0.1) is 11.3 Å². The van der Waals surface area contributed by atoms with Crippen molar-refractivity contribution in [3.63, 3.8) is 0 Å². The summed E-state index contributed by atoms with van der Waals surface area (Å²) in [6, 6.07) is 5.71. The van der Waals surface area contributed by atoms with Crippen molar-refractivity contribution in [3.05, 3.63) is 40.4 Å². The Morgan fingerprint density at radius 3 is 2.37 bits per heavy atom. The molecule has 15 heteroatoms. The van der Waals surface area contributed by atoms with Gasteiger partial charge in [0.25, 0.3) is 0 Å². The number of fused-ring (bicyclic) bond motifs is 5. The number of aryl methyl sites for hydroxylation is 2. The van der Waals surface area contributed by atoms with Crippen LogP contribution < -0.4 is 10.1 Å². The molecule has 0 radical (unpaired) electrons. The fourth-order valence-electron chi connectivity index (χ4n) is 9.38. The number of anilines is 1. The number of aromatic nitrogens is 1. The minimum Gasteiger partial charge on any atom is -0.467 e. The Morgan fingerprint density at radius 2 is 1.70 bits per heavy atom. The van der Waals surface area contributed by atoms with Gasteiger partial charge in [-0.2, -0.15) is 0 Å². The molecule has 4 aliphatic rings. The summed E-state index contributed by atoms with van der Waals surface area (Å²) in [7, 11) is 1.13. The summed E-state index contributed by atoms with van der Waals surface area (Å²) in [4.78, 5) is 80.8. The van der Waals surface area contributed by atoms with Gasteiger partial charge < -0.3 is 33.7 Å². The third-order valence-corrected chi connectivity index (χ3v) is 12.3. The Kier molecular flexibility index (Phi) is 11.8. The molecule has 1 aromatic carbocycles. The number of hydrogen-bond donors (Lipinski definition) is 1. The molecular formula is C39H48N2O12S. The average Bonchev–Trinajstić information content (AvgIpc) is 3.63. The summed E-state index contributed by atoms with van der Waals surface area (Å²) in [5.74, 6) is -1.60. The Hall–Kier alpha value is -4.37. The molecule has 0 bridgehead atoms. The zero-order valence-electron chi connectivity index (χ0n) is 31.4. The number of benzene rings is 1. The van der Waals surface area contributed by atoms with E-state index in [1.54, 1.807) is 12.3 Å². The predicted octanol–water partition coefficient (Wildman–Crippen LogP) is 4.98. The van der Waals surface area contributed by atoms with E-state index < -0.39 is 54.6 Å². The summed E-state index contributed by atoms with van der Waals surface area (Å²) in [5.41, 5.74) is 1.89. The molecule has 3 unspecified atom stereocenters. The molecular weight excluding hydrogens is 720 g/mol. The lowest BCUT2D eigenvalue weighted by atomic mass is 9.54. The highest BCUT2D eigenvalue weighted by Crippen LogP contribution is 2.62. The van der Waals surface area contributed by atoms with Crippen LogP contribution in [0.4, 0.5) is 5.13 Å². The van der Waals surface area contributed by atoms with Crippen LogP contribution in [0.3, 0.4) is 0 Å². The molecule has 1 saturated heterocycles. The molecule has 10 atom stereocenters. The standard InChI is InChI=1S/C39H48N2O12S/c1-19-18-40-38(54-19)41-30(46)9-7-8-24-17-29(45)39(5)15-14-27-26-13-11-25(16-23(26)10-12-28(27)31(24)39)52-37-35(51-22(4)44)33(50-21(3)43)32(49-20(2)42)34(53-37)36(47)48-6/h11,13,16,18,24,27-28,31-35,37H,7-10,12,14-15,17H2,1-6H3,(H,40,41,46)/t24-,27?,28?,31?,32+,33+,34+,35-,37-,39-/m1/s1. The molecule has 0 spiro atoms. The summed E-state index contributed by atoms with van der Waals surface area (Å²) in [6.45, 7) is 7.49. The van der Waals surface area contributed by atoms with Gasteiger partial charge in [0.15, 0.2) is 23.4 Å². The Morgan fingerprint density at radius 1 is 1.00 bits per heavy atom. The Balaban J connectivity index is 1.19. The van der Waals surface area contributed by atoms with E-state index in [2.05, 4.69) is 17.2 Å². The maximum absolute atomic E-state index is 13.5. The molecule has 2 aromatic rings. The van der Waals surface area contributed by atoms with E-state index in [-0.39, 0.29) is 29.1 Å². The fourth-order valence-corrected chi connectivity index (χ4v) is 10.1. The van der Waals surface area contributed by atoms with Crippen molar-refractivity contribution in [2.75, 3.05) is 12.4 Å². The van der Waals surface area contributed by atoms with Gasteiger partial charge in [-0.3, -0.25) is 24.0 Å². The van der Waals surface area contributed by atoms with Crippen molar-refractivity contribution < 1.29 is 57.2 Å². The van der Waals surface area contributed by atoms with Crippen LogP contribution in [0.5, 0.6) is 5.75 Å². The first-order valence-corrected chi connectivity index (χ1v) is 19.3. The van der Waals surface area contributed by atoms with Gasteiger partial charge in [0.1, 0.15) is 11.5 Å². The Bertz CT molecular complexity index is 1790. The number of methoxy groups -OCH3 is 1. The van der Waals surface area contributed by atoms with Gasteiger partial charge in [-0.25, -0.2) is 9.78 Å². The van der Waals surface area contributed by atoms with Crippen LogP contribution in [0.2, 0.25) is 0 Å². The van der Waals surface area contributed by atoms with E-state index in [1.807, 2.05) is 19.1 Å². The maximum atomic E-state index is 13.5. The number of nitrogens with one attached hydrogen (secondary N) is 1.